The van der Waals surface area contributed by atoms with Gasteiger partial charge in [0.15, 0.2) is 0 Å². The van der Waals surface area contributed by atoms with E-state index < -0.39 is 30.1 Å². The number of ether oxygens (including phenoxy) is 2. The molecule has 0 aromatic heterocycles. The molecule has 256 valence electrons. The van der Waals surface area contributed by atoms with Gasteiger partial charge < -0.3 is 25.4 Å². The van der Waals surface area contributed by atoms with Gasteiger partial charge in [-0.3, -0.25) is 9.59 Å². The Morgan fingerprint density at radius 2 is 1.46 bits per heavy atom. The van der Waals surface area contributed by atoms with Gasteiger partial charge >= 0.3 is 12.1 Å². The first-order chi connectivity index (χ1) is 24.4. The predicted molar refractivity (Wildman–Crippen MR) is 190 cm³/mol. The second-order valence-corrected chi connectivity index (χ2v) is 12.8. The smallest absolute Gasteiger partial charge is 0.407 e. The third-order valence-corrected chi connectivity index (χ3v) is 9.23. The van der Waals surface area contributed by atoms with Crippen molar-refractivity contribution in [3.8, 4) is 11.1 Å². The minimum absolute atomic E-state index is 0.0150. The maximum absolute atomic E-state index is 13.5. The summed E-state index contributed by atoms with van der Waals surface area (Å²) >= 11 is 5.96. The number of amides is 3. The molecule has 10 heteroatoms. The highest BCUT2D eigenvalue weighted by atomic mass is 35.5. The molecule has 1 heterocycles. The number of hydrogen-bond acceptors (Lipinski definition) is 6. The molecule has 2 aliphatic rings. The molecule has 9 nitrogen and oxygen atoms in total. The lowest BCUT2D eigenvalue weighted by Gasteiger charge is -2.25. The molecule has 3 amide bonds. The van der Waals surface area contributed by atoms with Crippen LogP contribution in [0.25, 0.3) is 11.1 Å². The van der Waals surface area contributed by atoms with Crippen LogP contribution in [0.3, 0.4) is 0 Å². The fourth-order valence-electron chi connectivity index (χ4n) is 6.33. The lowest BCUT2D eigenvalue weighted by atomic mass is 9.98. The molecule has 0 bridgehead atoms. The molecule has 1 aliphatic carbocycles. The first-order valence-corrected chi connectivity index (χ1v) is 17.0. The minimum Gasteiger partial charge on any atom is -0.454 e. The Bertz CT molecular complexity index is 1820. The highest BCUT2D eigenvalue weighted by molar-refractivity contribution is 6.30. The number of esters is 1. The Labute approximate surface area is 296 Å². The van der Waals surface area contributed by atoms with Crippen molar-refractivity contribution in [1.29, 1.82) is 0 Å². The maximum atomic E-state index is 13.5. The molecule has 3 N–H and O–H groups in total. The second kappa shape index (κ2) is 16.3. The van der Waals surface area contributed by atoms with Crippen LogP contribution >= 0.6 is 11.6 Å². The van der Waals surface area contributed by atoms with Gasteiger partial charge in [-0.25, -0.2) is 9.59 Å². The van der Waals surface area contributed by atoms with E-state index in [1.807, 2.05) is 66.7 Å². The van der Waals surface area contributed by atoms with E-state index in [0.29, 0.717) is 17.1 Å². The Kier molecular flexibility index (Phi) is 11.3. The van der Waals surface area contributed by atoms with E-state index in [9.17, 15) is 19.2 Å². The van der Waals surface area contributed by atoms with Gasteiger partial charge in [-0.15, -0.1) is 0 Å². The van der Waals surface area contributed by atoms with Gasteiger partial charge in [0.1, 0.15) is 18.8 Å². The highest BCUT2D eigenvalue weighted by Crippen LogP contribution is 2.44. The van der Waals surface area contributed by atoms with Crippen LogP contribution in [0, 0.1) is 5.92 Å². The Hall–Kier alpha value is -5.41. The number of carbonyl (C=O) groups excluding carboxylic acids is 4. The van der Waals surface area contributed by atoms with Crippen molar-refractivity contribution in [3.05, 3.63) is 143 Å². The van der Waals surface area contributed by atoms with Crippen molar-refractivity contribution in [3.63, 3.8) is 0 Å². The van der Waals surface area contributed by atoms with Gasteiger partial charge in [-0.05, 0) is 58.4 Å². The summed E-state index contributed by atoms with van der Waals surface area (Å²) in [7, 11) is 0. The molecule has 0 saturated heterocycles. The van der Waals surface area contributed by atoms with Crippen LogP contribution in [0.2, 0.25) is 5.02 Å². The zero-order valence-corrected chi connectivity index (χ0v) is 28.1. The van der Waals surface area contributed by atoms with E-state index in [1.54, 1.807) is 36.4 Å². The largest absolute Gasteiger partial charge is 0.454 e. The number of hydrogen-bond donors (Lipinski definition) is 3. The van der Waals surface area contributed by atoms with Gasteiger partial charge in [-0.1, -0.05) is 115 Å². The molecule has 0 spiro atoms. The molecular weight excluding hydrogens is 654 g/mol. The summed E-state index contributed by atoms with van der Waals surface area (Å²) < 4.78 is 11.6. The van der Waals surface area contributed by atoms with Crippen molar-refractivity contribution >= 4 is 35.5 Å². The summed E-state index contributed by atoms with van der Waals surface area (Å²) in [6.07, 6.45) is 2.19. The van der Waals surface area contributed by atoms with Crippen molar-refractivity contribution in [2.45, 2.75) is 43.9 Å². The summed E-state index contributed by atoms with van der Waals surface area (Å²) in [4.78, 5) is 52.9. The average Bonchev–Trinajstić information content (AvgIpc) is 3.46. The normalized spacial score (nSPS) is 19.7. The van der Waals surface area contributed by atoms with Crippen molar-refractivity contribution in [1.82, 2.24) is 16.0 Å². The standard InChI is InChI=1S/C40H38ClN3O6/c41-29-20-18-26(19-21-29)23-42-37(45)22-28-12-4-9-17-35(39(47)50-36(24-43-38(28)46)27-10-2-1-3-11-27)44-40(48)49-25-34-32-15-7-5-13-30(32)31-14-6-8-16-33(31)34/h1-11,13-16,18-21,28,34-36H,12,17,22-25H2,(H,42,45)(H,43,46)(H,44,48)/b9-4+/t28-,35-,36-/m0/s1. The highest BCUT2D eigenvalue weighted by Gasteiger charge is 2.31. The number of alkyl carbamates (subject to hydrolysis) is 1. The Morgan fingerprint density at radius 3 is 2.16 bits per heavy atom. The molecule has 0 fully saturated rings. The van der Waals surface area contributed by atoms with Gasteiger partial charge in [0.05, 0.1) is 12.5 Å². The summed E-state index contributed by atoms with van der Waals surface area (Å²) in [6, 6.07) is 31.3. The number of cyclic esters (lactones) is 1. The maximum Gasteiger partial charge on any atom is 0.407 e. The van der Waals surface area contributed by atoms with E-state index in [4.69, 9.17) is 21.1 Å². The van der Waals surface area contributed by atoms with Crippen LogP contribution in [0.1, 0.15) is 53.5 Å². The quantitative estimate of drug-likeness (QED) is 0.141. The number of fused-ring (bicyclic) bond motifs is 3. The SMILES string of the molecule is O=C(C[C@@H]1C/C=C/C[C@H](NC(=O)OCC2c3ccccc3-c3ccccc32)C(=O)O[C@H](c2ccccc2)CNC1=O)NCc1ccc(Cl)cc1. The first kappa shape index (κ1) is 34.5. The average molecular weight is 692 g/mol. The number of nitrogens with one attached hydrogen (secondary N) is 3. The molecule has 0 unspecified atom stereocenters. The molecule has 4 aromatic carbocycles. The minimum atomic E-state index is -1.05. The third kappa shape index (κ3) is 8.59. The number of halogens is 1. The van der Waals surface area contributed by atoms with Crippen molar-refractivity contribution in [2.24, 2.45) is 5.92 Å². The third-order valence-electron chi connectivity index (χ3n) is 8.98. The Morgan fingerprint density at radius 1 is 0.820 bits per heavy atom. The predicted octanol–water partition coefficient (Wildman–Crippen LogP) is 6.62. The van der Waals surface area contributed by atoms with E-state index in [0.717, 1.165) is 27.8 Å². The van der Waals surface area contributed by atoms with Crippen molar-refractivity contribution < 1.29 is 28.7 Å². The molecular formula is C40H38ClN3O6. The Balaban J connectivity index is 1.13. The molecule has 4 aromatic rings. The first-order valence-electron chi connectivity index (χ1n) is 16.7. The van der Waals surface area contributed by atoms with Gasteiger partial charge in [-0.2, -0.15) is 0 Å². The lowest BCUT2D eigenvalue weighted by molar-refractivity contribution is -0.152. The zero-order chi connectivity index (χ0) is 34.9. The van der Waals surface area contributed by atoms with Crippen LogP contribution in [0.5, 0.6) is 0 Å². The number of carbonyl (C=O) groups is 4. The van der Waals surface area contributed by atoms with E-state index in [2.05, 4.69) is 28.1 Å². The van der Waals surface area contributed by atoms with Crippen LogP contribution in [-0.4, -0.2) is 43.1 Å². The number of allylic oxidation sites excluding steroid dienone is 1. The molecule has 0 saturated carbocycles. The molecule has 1 aliphatic heterocycles. The van der Waals surface area contributed by atoms with E-state index >= 15 is 0 Å². The van der Waals surface area contributed by atoms with Crippen LogP contribution in [0.4, 0.5) is 4.79 Å². The zero-order valence-electron chi connectivity index (χ0n) is 27.3. The van der Waals surface area contributed by atoms with Gasteiger partial charge in [0, 0.05) is 23.9 Å². The molecule has 0 radical (unpaired) electrons. The summed E-state index contributed by atoms with van der Waals surface area (Å²) in [5.41, 5.74) is 5.94. The fraction of sp³-hybridized carbons (Fsp3) is 0.250. The second-order valence-electron chi connectivity index (χ2n) is 12.4. The van der Waals surface area contributed by atoms with E-state index in [-0.39, 0.29) is 50.1 Å². The van der Waals surface area contributed by atoms with Crippen LogP contribution in [-0.2, 0) is 30.4 Å². The lowest BCUT2D eigenvalue weighted by Crippen LogP contribution is -2.44. The van der Waals surface area contributed by atoms with Crippen LogP contribution < -0.4 is 16.0 Å². The van der Waals surface area contributed by atoms with Crippen LogP contribution in [0.15, 0.2) is 115 Å². The monoisotopic (exact) mass is 691 g/mol. The summed E-state index contributed by atoms with van der Waals surface area (Å²) in [6.45, 7) is 0.381. The number of rotatable bonds is 8. The summed E-state index contributed by atoms with van der Waals surface area (Å²) in [5, 5.41) is 9.05. The van der Waals surface area contributed by atoms with Crippen molar-refractivity contribution in [2.75, 3.05) is 13.2 Å². The van der Waals surface area contributed by atoms with Gasteiger partial charge in [0.2, 0.25) is 11.8 Å². The van der Waals surface area contributed by atoms with E-state index in [1.165, 1.54) is 0 Å². The van der Waals surface area contributed by atoms with Gasteiger partial charge in [0.25, 0.3) is 0 Å². The molecule has 3 atom stereocenters. The summed E-state index contributed by atoms with van der Waals surface area (Å²) in [5.74, 6) is -2.08. The molecule has 50 heavy (non-hydrogen) atoms. The number of benzene rings is 4. The topological polar surface area (TPSA) is 123 Å². The fourth-order valence-corrected chi connectivity index (χ4v) is 6.45. The molecule has 6 rings (SSSR count).